The number of phenols is 2. The minimum atomic E-state index is -0.0395. The fraction of sp³-hybridized carbons (Fsp3) is 0.0625. The molecular weight excluding hydrogens is 266 g/mol. The molecule has 2 aromatic rings. The highest BCUT2D eigenvalue weighted by molar-refractivity contribution is 6.14. The lowest BCUT2D eigenvalue weighted by Crippen LogP contribution is -2.27. The molecule has 5 nitrogen and oxygen atoms in total. The number of hydrazone groups is 1. The molecule has 1 aliphatic rings. The molecule has 21 heavy (non-hydrogen) atoms. The largest absolute Gasteiger partial charge is 0.508 e. The standard InChI is InChI=1S/C16H15N3O2/c1-10-3-5-12(6-4-10)19-11(2)17-18-16(19)14-8-7-13(20)9-15(14)21/h3-9,17,20-21H,2H2,1H3. The maximum absolute atomic E-state index is 10.0. The number of anilines is 1. The Labute approximate surface area is 122 Å². The second-order valence-corrected chi connectivity index (χ2v) is 4.87. The highest BCUT2D eigenvalue weighted by Gasteiger charge is 2.26. The fourth-order valence-corrected chi connectivity index (χ4v) is 2.21. The lowest BCUT2D eigenvalue weighted by Gasteiger charge is -2.21. The molecular formula is C16H15N3O2. The molecule has 2 aromatic carbocycles. The van der Waals surface area contributed by atoms with Crippen molar-refractivity contribution in [2.45, 2.75) is 6.92 Å². The Balaban J connectivity index is 2.05. The van der Waals surface area contributed by atoms with Crippen molar-refractivity contribution in [2.24, 2.45) is 5.10 Å². The van der Waals surface area contributed by atoms with Gasteiger partial charge in [-0.1, -0.05) is 24.3 Å². The van der Waals surface area contributed by atoms with Gasteiger partial charge in [0.2, 0.25) is 0 Å². The quantitative estimate of drug-likeness (QED) is 0.791. The Kier molecular flexibility index (Phi) is 3.02. The van der Waals surface area contributed by atoms with E-state index in [0.717, 1.165) is 11.3 Å². The normalized spacial score (nSPS) is 14.0. The molecule has 0 unspecified atom stereocenters. The van der Waals surface area contributed by atoms with Gasteiger partial charge in [0.15, 0.2) is 5.84 Å². The number of hydrogen-bond donors (Lipinski definition) is 3. The van der Waals surface area contributed by atoms with Gasteiger partial charge in [0.25, 0.3) is 0 Å². The smallest absolute Gasteiger partial charge is 0.170 e. The van der Waals surface area contributed by atoms with Crippen molar-refractivity contribution in [3.63, 3.8) is 0 Å². The highest BCUT2D eigenvalue weighted by Crippen LogP contribution is 2.30. The number of phenolic OH excluding ortho intramolecular Hbond substituents is 2. The molecule has 0 atom stereocenters. The van der Waals surface area contributed by atoms with Gasteiger partial charge in [-0.3, -0.25) is 10.3 Å². The Morgan fingerprint density at radius 1 is 1.10 bits per heavy atom. The summed E-state index contributed by atoms with van der Waals surface area (Å²) in [5, 5.41) is 23.6. The van der Waals surface area contributed by atoms with Crippen LogP contribution in [0.3, 0.4) is 0 Å². The van der Waals surface area contributed by atoms with Gasteiger partial charge >= 0.3 is 0 Å². The van der Waals surface area contributed by atoms with Crippen molar-refractivity contribution in [1.82, 2.24) is 5.43 Å². The van der Waals surface area contributed by atoms with E-state index >= 15 is 0 Å². The summed E-state index contributed by atoms with van der Waals surface area (Å²) in [5.74, 6) is 1.09. The molecule has 0 aromatic heterocycles. The van der Waals surface area contributed by atoms with Gasteiger partial charge in [-0.2, -0.15) is 5.10 Å². The van der Waals surface area contributed by atoms with Crippen LogP contribution in [-0.2, 0) is 0 Å². The van der Waals surface area contributed by atoms with E-state index in [1.807, 2.05) is 36.1 Å². The lowest BCUT2D eigenvalue weighted by atomic mass is 10.1. The van der Waals surface area contributed by atoms with Gasteiger partial charge in [0.1, 0.15) is 17.3 Å². The number of aryl methyl sites for hydroxylation is 1. The van der Waals surface area contributed by atoms with Crippen molar-refractivity contribution in [1.29, 1.82) is 0 Å². The summed E-state index contributed by atoms with van der Waals surface area (Å²) in [6.07, 6.45) is 0. The SMILES string of the molecule is C=C1NN=C(c2ccc(O)cc2O)N1c1ccc(C)cc1. The van der Waals surface area contributed by atoms with Gasteiger partial charge in [-0.05, 0) is 31.2 Å². The van der Waals surface area contributed by atoms with Crippen molar-refractivity contribution >= 4 is 11.5 Å². The molecule has 1 aliphatic heterocycles. The van der Waals surface area contributed by atoms with Gasteiger partial charge < -0.3 is 10.2 Å². The summed E-state index contributed by atoms with van der Waals surface area (Å²) in [6, 6.07) is 12.3. The molecule has 0 fully saturated rings. The third kappa shape index (κ3) is 2.29. The number of aromatic hydroxyl groups is 2. The number of benzene rings is 2. The van der Waals surface area contributed by atoms with Crippen molar-refractivity contribution in [2.75, 3.05) is 4.90 Å². The fourth-order valence-electron chi connectivity index (χ4n) is 2.21. The molecule has 3 rings (SSSR count). The topological polar surface area (TPSA) is 68.1 Å². The zero-order chi connectivity index (χ0) is 15.0. The predicted molar refractivity (Wildman–Crippen MR) is 82.2 cm³/mol. The summed E-state index contributed by atoms with van der Waals surface area (Å²) in [4.78, 5) is 1.81. The van der Waals surface area contributed by atoms with Gasteiger partial charge in [0, 0.05) is 11.8 Å². The molecule has 5 heteroatoms. The minimum absolute atomic E-state index is 0.00326. The molecule has 0 saturated carbocycles. The first-order chi connectivity index (χ1) is 10.1. The Hall–Kier alpha value is -2.95. The van der Waals surface area contributed by atoms with Gasteiger partial charge in [0.05, 0.1) is 5.56 Å². The highest BCUT2D eigenvalue weighted by atomic mass is 16.3. The van der Waals surface area contributed by atoms with Crippen LogP contribution in [0.4, 0.5) is 5.69 Å². The average molecular weight is 281 g/mol. The second kappa shape index (κ2) is 4.86. The first kappa shape index (κ1) is 13.1. The van der Waals surface area contributed by atoms with Gasteiger partial charge in [-0.25, -0.2) is 0 Å². The predicted octanol–water partition coefficient (Wildman–Crippen LogP) is 2.65. The number of amidine groups is 1. The second-order valence-electron chi connectivity index (χ2n) is 4.87. The van der Waals surface area contributed by atoms with Crippen LogP contribution in [0.5, 0.6) is 11.5 Å². The lowest BCUT2D eigenvalue weighted by molar-refractivity contribution is 0.450. The Morgan fingerprint density at radius 3 is 2.48 bits per heavy atom. The number of nitrogens with one attached hydrogen (secondary N) is 1. The van der Waals surface area contributed by atoms with Crippen molar-refractivity contribution in [3.8, 4) is 11.5 Å². The molecule has 0 saturated heterocycles. The summed E-state index contributed by atoms with van der Waals surface area (Å²) in [6.45, 7) is 5.94. The van der Waals surface area contributed by atoms with Gasteiger partial charge in [-0.15, -0.1) is 0 Å². The molecule has 0 spiro atoms. The number of nitrogens with zero attached hydrogens (tertiary/aromatic N) is 2. The van der Waals surface area contributed by atoms with Crippen LogP contribution < -0.4 is 10.3 Å². The maximum Gasteiger partial charge on any atom is 0.170 e. The Morgan fingerprint density at radius 2 is 1.81 bits per heavy atom. The van der Waals surface area contributed by atoms with E-state index in [1.165, 1.54) is 12.1 Å². The minimum Gasteiger partial charge on any atom is -0.508 e. The zero-order valence-electron chi connectivity index (χ0n) is 11.5. The van der Waals surface area contributed by atoms with E-state index in [-0.39, 0.29) is 11.5 Å². The van der Waals surface area contributed by atoms with E-state index in [0.29, 0.717) is 17.2 Å². The molecule has 3 N–H and O–H groups in total. The van der Waals surface area contributed by atoms with Crippen LogP contribution in [0, 0.1) is 6.92 Å². The maximum atomic E-state index is 10.0. The first-order valence-corrected chi connectivity index (χ1v) is 6.48. The van der Waals surface area contributed by atoms with E-state index in [2.05, 4.69) is 17.1 Å². The van der Waals surface area contributed by atoms with E-state index < -0.39 is 0 Å². The van der Waals surface area contributed by atoms with E-state index in [1.54, 1.807) is 6.07 Å². The van der Waals surface area contributed by atoms with Crippen molar-refractivity contribution in [3.05, 3.63) is 66.0 Å². The van der Waals surface area contributed by atoms with E-state index in [9.17, 15) is 10.2 Å². The van der Waals surface area contributed by atoms with E-state index in [4.69, 9.17) is 0 Å². The summed E-state index contributed by atoms with van der Waals surface area (Å²) >= 11 is 0. The summed E-state index contributed by atoms with van der Waals surface area (Å²) in [7, 11) is 0. The van der Waals surface area contributed by atoms with Crippen LogP contribution in [0.1, 0.15) is 11.1 Å². The third-order valence-electron chi connectivity index (χ3n) is 3.29. The molecule has 0 radical (unpaired) electrons. The molecule has 106 valence electrons. The molecule has 1 heterocycles. The van der Waals surface area contributed by atoms with Crippen LogP contribution in [0.2, 0.25) is 0 Å². The number of rotatable bonds is 2. The van der Waals surface area contributed by atoms with Crippen molar-refractivity contribution < 1.29 is 10.2 Å². The Bertz CT molecular complexity index is 736. The number of hydrogen-bond acceptors (Lipinski definition) is 5. The molecule has 0 aliphatic carbocycles. The van der Waals surface area contributed by atoms with Crippen LogP contribution in [-0.4, -0.2) is 16.0 Å². The van der Waals surface area contributed by atoms with Crippen LogP contribution in [0.15, 0.2) is 60.0 Å². The average Bonchev–Trinajstić information content (AvgIpc) is 2.82. The monoisotopic (exact) mass is 281 g/mol. The van der Waals surface area contributed by atoms with Crippen LogP contribution >= 0.6 is 0 Å². The third-order valence-corrected chi connectivity index (χ3v) is 3.29. The summed E-state index contributed by atoms with van der Waals surface area (Å²) < 4.78 is 0. The van der Waals surface area contributed by atoms with Crippen LogP contribution in [0.25, 0.3) is 0 Å². The summed E-state index contributed by atoms with van der Waals surface area (Å²) in [5.41, 5.74) is 5.38. The molecule has 0 bridgehead atoms. The molecule has 0 amide bonds. The first-order valence-electron chi connectivity index (χ1n) is 6.48. The zero-order valence-corrected chi connectivity index (χ0v) is 11.5.